The van der Waals surface area contributed by atoms with Crippen LogP contribution < -0.4 is 16.0 Å². The number of fused-ring (bicyclic) bond motifs is 1. The molecule has 0 amide bonds. The van der Waals surface area contributed by atoms with Gasteiger partial charge in [-0.15, -0.1) is 0 Å². The number of hydrogen-bond donors (Lipinski definition) is 2. The second-order valence-electron chi connectivity index (χ2n) is 5.18. The molecule has 0 atom stereocenters. The summed E-state index contributed by atoms with van der Waals surface area (Å²) in [5, 5.41) is 3.28. The van der Waals surface area contributed by atoms with Crippen molar-refractivity contribution in [1.29, 1.82) is 0 Å². The molecule has 0 saturated carbocycles. The monoisotopic (exact) mass is 295 g/mol. The van der Waals surface area contributed by atoms with E-state index in [9.17, 15) is 13.2 Å². The first-order chi connectivity index (χ1) is 9.97. The fraction of sp³-hybridized carbons (Fsp3) is 0.333. The third-order valence-electron chi connectivity index (χ3n) is 3.88. The Bertz CT molecular complexity index is 600. The highest BCUT2D eigenvalue weighted by molar-refractivity contribution is 5.58. The molecule has 3 N–H and O–H groups in total. The standard InChI is InChI=1S/C15H16F3N3/c16-15(17,18)11-1-3-12(4-2-11)21-8-6-10-9-20-7-5-13(10)14(21)19/h1-4,6,20H,5,7-9,19H2. The van der Waals surface area contributed by atoms with Crippen molar-refractivity contribution in [3.8, 4) is 0 Å². The van der Waals surface area contributed by atoms with Crippen LogP contribution in [0, 0.1) is 0 Å². The van der Waals surface area contributed by atoms with E-state index in [1.54, 1.807) is 0 Å². The molecular weight excluding hydrogens is 279 g/mol. The number of piperidine rings is 1. The van der Waals surface area contributed by atoms with Gasteiger partial charge in [0.2, 0.25) is 0 Å². The smallest absolute Gasteiger partial charge is 0.385 e. The van der Waals surface area contributed by atoms with Crippen LogP contribution in [-0.2, 0) is 6.18 Å². The van der Waals surface area contributed by atoms with Gasteiger partial charge in [0.05, 0.1) is 5.56 Å². The van der Waals surface area contributed by atoms with Crippen LogP contribution in [0.3, 0.4) is 0 Å². The van der Waals surface area contributed by atoms with Gasteiger partial charge in [0.15, 0.2) is 0 Å². The third kappa shape index (κ3) is 2.63. The molecule has 21 heavy (non-hydrogen) atoms. The number of alkyl halides is 3. The van der Waals surface area contributed by atoms with Gasteiger partial charge >= 0.3 is 6.18 Å². The molecule has 1 fully saturated rings. The Morgan fingerprint density at radius 2 is 1.86 bits per heavy atom. The number of nitrogens with zero attached hydrogens (tertiary/aromatic N) is 1. The number of benzene rings is 1. The summed E-state index contributed by atoms with van der Waals surface area (Å²) in [6.45, 7) is 2.25. The number of hydrogen-bond acceptors (Lipinski definition) is 3. The van der Waals surface area contributed by atoms with Crippen molar-refractivity contribution < 1.29 is 13.2 Å². The first kappa shape index (κ1) is 14.0. The van der Waals surface area contributed by atoms with Gasteiger partial charge < -0.3 is 16.0 Å². The summed E-state index contributed by atoms with van der Waals surface area (Å²) in [6, 6.07) is 5.12. The quantitative estimate of drug-likeness (QED) is 0.837. The van der Waals surface area contributed by atoms with Crippen LogP contribution in [0.2, 0.25) is 0 Å². The summed E-state index contributed by atoms with van der Waals surface area (Å²) >= 11 is 0. The van der Waals surface area contributed by atoms with Crippen LogP contribution in [0.1, 0.15) is 12.0 Å². The van der Waals surface area contributed by atoms with E-state index in [-0.39, 0.29) is 0 Å². The minimum atomic E-state index is -4.31. The van der Waals surface area contributed by atoms with Crippen molar-refractivity contribution in [3.63, 3.8) is 0 Å². The molecule has 0 radical (unpaired) electrons. The van der Waals surface area contributed by atoms with Gasteiger partial charge in [0.25, 0.3) is 0 Å². The highest BCUT2D eigenvalue weighted by Gasteiger charge is 2.30. The van der Waals surface area contributed by atoms with Crippen LogP contribution >= 0.6 is 0 Å². The average Bonchev–Trinajstić information content (AvgIpc) is 2.47. The predicted octanol–water partition coefficient (Wildman–Crippen LogP) is 2.62. The number of anilines is 1. The highest BCUT2D eigenvalue weighted by atomic mass is 19.4. The van der Waals surface area contributed by atoms with Crippen LogP contribution in [0.25, 0.3) is 0 Å². The third-order valence-corrected chi connectivity index (χ3v) is 3.88. The summed E-state index contributed by atoms with van der Waals surface area (Å²) in [4.78, 5) is 1.85. The first-order valence-corrected chi connectivity index (χ1v) is 6.80. The molecule has 3 rings (SSSR count). The molecule has 1 aromatic rings. The zero-order valence-electron chi connectivity index (χ0n) is 11.4. The van der Waals surface area contributed by atoms with E-state index in [0.717, 1.165) is 37.2 Å². The Balaban J connectivity index is 1.88. The maximum absolute atomic E-state index is 12.6. The SMILES string of the molecule is NC1=C2CCNCC2=CCN1c1ccc(C(F)(F)F)cc1. The molecule has 2 aliphatic heterocycles. The molecule has 0 aliphatic carbocycles. The minimum absolute atomic E-state index is 0.581. The molecule has 1 aromatic carbocycles. The van der Waals surface area contributed by atoms with E-state index in [4.69, 9.17) is 5.73 Å². The average molecular weight is 295 g/mol. The molecule has 2 aliphatic rings. The number of nitrogens with one attached hydrogen (secondary N) is 1. The molecule has 3 nitrogen and oxygen atoms in total. The molecule has 2 heterocycles. The molecule has 0 unspecified atom stereocenters. The Hall–Kier alpha value is -1.95. The predicted molar refractivity (Wildman–Crippen MR) is 75.6 cm³/mol. The van der Waals surface area contributed by atoms with Crippen LogP contribution in [0.4, 0.5) is 18.9 Å². The zero-order chi connectivity index (χ0) is 15.0. The van der Waals surface area contributed by atoms with Crippen molar-refractivity contribution >= 4 is 5.69 Å². The zero-order valence-corrected chi connectivity index (χ0v) is 11.4. The lowest BCUT2D eigenvalue weighted by Gasteiger charge is -2.33. The molecular formula is C15H16F3N3. The van der Waals surface area contributed by atoms with Crippen molar-refractivity contribution in [2.45, 2.75) is 12.6 Å². The summed E-state index contributed by atoms with van der Waals surface area (Å²) in [7, 11) is 0. The van der Waals surface area contributed by atoms with E-state index in [1.165, 1.54) is 17.7 Å². The van der Waals surface area contributed by atoms with E-state index in [2.05, 4.69) is 11.4 Å². The van der Waals surface area contributed by atoms with Crippen LogP contribution in [-0.4, -0.2) is 19.6 Å². The van der Waals surface area contributed by atoms with Gasteiger partial charge in [0.1, 0.15) is 5.82 Å². The summed E-state index contributed by atoms with van der Waals surface area (Å²) in [5.74, 6) is 0.647. The van der Waals surface area contributed by atoms with Crippen molar-refractivity contribution in [1.82, 2.24) is 5.32 Å². The topological polar surface area (TPSA) is 41.3 Å². The van der Waals surface area contributed by atoms with Gasteiger partial charge in [-0.1, -0.05) is 6.08 Å². The molecule has 1 saturated heterocycles. The van der Waals surface area contributed by atoms with E-state index < -0.39 is 11.7 Å². The molecule has 0 aromatic heterocycles. The fourth-order valence-corrected chi connectivity index (χ4v) is 2.73. The van der Waals surface area contributed by atoms with E-state index in [0.29, 0.717) is 18.1 Å². The van der Waals surface area contributed by atoms with Gasteiger partial charge in [-0.3, -0.25) is 0 Å². The van der Waals surface area contributed by atoms with Crippen LogP contribution in [0.15, 0.2) is 47.3 Å². The molecule has 0 bridgehead atoms. The van der Waals surface area contributed by atoms with Gasteiger partial charge in [-0.2, -0.15) is 13.2 Å². The first-order valence-electron chi connectivity index (χ1n) is 6.80. The number of nitrogens with two attached hydrogens (primary N) is 1. The molecule has 112 valence electrons. The maximum atomic E-state index is 12.6. The highest BCUT2D eigenvalue weighted by Crippen LogP contribution is 2.33. The normalized spacial score (nSPS) is 19.4. The van der Waals surface area contributed by atoms with Gasteiger partial charge in [-0.05, 0) is 48.4 Å². The lowest BCUT2D eigenvalue weighted by molar-refractivity contribution is -0.137. The second kappa shape index (κ2) is 5.11. The Morgan fingerprint density at radius 3 is 2.52 bits per heavy atom. The fourth-order valence-electron chi connectivity index (χ4n) is 2.73. The van der Waals surface area contributed by atoms with E-state index >= 15 is 0 Å². The lowest BCUT2D eigenvalue weighted by Crippen LogP contribution is -2.37. The van der Waals surface area contributed by atoms with E-state index in [1.807, 2.05) is 4.90 Å². The minimum Gasteiger partial charge on any atom is -0.385 e. The van der Waals surface area contributed by atoms with Crippen LogP contribution in [0.5, 0.6) is 0 Å². The Labute approximate surface area is 120 Å². The molecule has 0 spiro atoms. The number of rotatable bonds is 1. The van der Waals surface area contributed by atoms with Crippen molar-refractivity contribution in [3.05, 3.63) is 52.9 Å². The maximum Gasteiger partial charge on any atom is 0.416 e. The Kier molecular flexibility index (Phi) is 3.41. The number of halogens is 3. The summed E-state index contributed by atoms with van der Waals surface area (Å²) in [5.41, 5.74) is 8.53. The Morgan fingerprint density at radius 1 is 1.14 bits per heavy atom. The summed E-state index contributed by atoms with van der Waals surface area (Å²) in [6.07, 6.45) is -1.39. The molecule has 6 heteroatoms. The lowest BCUT2D eigenvalue weighted by atomic mass is 9.95. The van der Waals surface area contributed by atoms with Crippen molar-refractivity contribution in [2.24, 2.45) is 5.73 Å². The van der Waals surface area contributed by atoms with Gasteiger partial charge in [0, 0.05) is 18.8 Å². The van der Waals surface area contributed by atoms with Gasteiger partial charge in [-0.25, -0.2) is 0 Å². The second-order valence-corrected chi connectivity index (χ2v) is 5.18. The van der Waals surface area contributed by atoms with Crippen molar-refractivity contribution in [2.75, 3.05) is 24.5 Å². The summed E-state index contributed by atoms with van der Waals surface area (Å²) < 4.78 is 37.8. The largest absolute Gasteiger partial charge is 0.416 e.